The van der Waals surface area contributed by atoms with Gasteiger partial charge in [-0.3, -0.25) is 10.1 Å². The number of rotatable bonds is 6. The third-order valence-corrected chi connectivity index (χ3v) is 9.60. The Labute approximate surface area is 200 Å². The van der Waals surface area contributed by atoms with Crippen LogP contribution in [0.15, 0.2) is 23.1 Å². The molecule has 0 aliphatic carbocycles. The molecule has 3 fully saturated rings. The second-order valence-electron chi connectivity index (χ2n) is 9.40. The highest BCUT2D eigenvalue weighted by molar-refractivity contribution is 7.89. The Morgan fingerprint density at radius 3 is 2.59 bits per heavy atom. The van der Waals surface area contributed by atoms with E-state index in [9.17, 15) is 13.2 Å². The molecule has 4 rings (SSSR count). The average Bonchev–Trinajstić information content (AvgIpc) is 3.33. The topological polar surface area (TPSA) is 79.0 Å². The molecule has 10 heteroatoms. The average molecular weight is 504 g/mol. The van der Waals surface area contributed by atoms with E-state index >= 15 is 0 Å². The van der Waals surface area contributed by atoms with Gasteiger partial charge >= 0.3 is 0 Å². The largest absolute Gasteiger partial charge is 0.376 e. The van der Waals surface area contributed by atoms with E-state index in [1.165, 1.54) is 10.4 Å². The van der Waals surface area contributed by atoms with Crippen molar-refractivity contribution in [2.24, 2.45) is 5.92 Å². The minimum atomic E-state index is -3.79. The van der Waals surface area contributed by atoms with Crippen LogP contribution in [0.3, 0.4) is 0 Å². The standard InChI is InChI=1S/C22H31Cl2N3O4S/c1-15(2)13-18-21(28)27(14-16-5-4-12-31-16)22(25-18)8-10-26(11-9-22)32(29,30)19-7-3-6-17(23)20(19)24/h3,6-7,15-16,18,25H,4-5,8-14H2,1-2H3/t16-,18+/m0/s1. The quantitative estimate of drug-likeness (QED) is 0.642. The summed E-state index contributed by atoms with van der Waals surface area (Å²) < 4.78 is 33.8. The number of hydrogen-bond donors (Lipinski definition) is 1. The molecular weight excluding hydrogens is 473 g/mol. The molecule has 0 bridgehead atoms. The van der Waals surface area contributed by atoms with Crippen LogP contribution in [-0.2, 0) is 19.6 Å². The molecule has 3 aliphatic heterocycles. The third-order valence-electron chi connectivity index (χ3n) is 6.72. The highest BCUT2D eigenvalue weighted by Crippen LogP contribution is 2.38. The summed E-state index contributed by atoms with van der Waals surface area (Å²) in [7, 11) is -3.79. The molecule has 0 unspecified atom stereocenters. The maximum atomic E-state index is 13.3. The minimum absolute atomic E-state index is 0.0203. The van der Waals surface area contributed by atoms with E-state index in [0.717, 1.165) is 25.9 Å². The van der Waals surface area contributed by atoms with E-state index in [0.29, 0.717) is 38.4 Å². The summed E-state index contributed by atoms with van der Waals surface area (Å²) in [5.74, 6) is 0.477. The molecular formula is C22H31Cl2N3O4S. The van der Waals surface area contributed by atoms with Crippen molar-refractivity contribution in [3.05, 3.63) is 28.2 Å². The molecule has 178 valence electrons. The van der Waals surface area contributed by atoms with Gasteiger partial charge in [0, 0.05) is 26.2 Å². The lowest BCUT2D eigenvalue weighted by atomic mass is 9.96. The van der Waals surface area contributed by atoms with E-state index in [2.05, 4.69) is 19.2 Å². The van der Waals surface area contributed by atoms with E-state index in [4.69, 9.17) is 27.9 Å². The van der Waals surface area contributed by atoms with Crippen molar-refractivity contribution in [3.8, 4) is 0 Å². The van der Waals surface area contributed by atoms with Gasteiger partial charge in [0.1, 0.15) is 4.90 Å². The van der Waals surface area contributed by atoms with E-state index in [-0.39, 0.29) is 33.0 Å². The molecule has 0 radical (unpaired) electrons. The van der Waals surface area contributed by atoms with E-state index in [1.807, 2.05) is 4.90 Å². The fourth-order valence-corrected chi connectivity index (χ4v) is 7.26. The molecule has 2 atom stereocenters. The van der Waals surface area contributed by atoms with Gasteiger partial charge in [-0.2, -0.15) is 4.31 Å². The fourth-order valence-electron chi connectivity index (χ4n) is 5.08. The monoisotopic (exact) mass is 503 g/mol. The van der Waals surface area contributed by atoms with E-state index < -0.39 is 15.7 Å². The summed E-state index contributed by atoms with van der Waals surface area (Å²) in [5.41, 5.74) is -0.549. The lowest BCUT2D eigenvalue weighted by Gasteiger charge is -2.44. The number of hydrogen-bond acceptors (Lipinski definition) is 5. The van der Waals surface area contributed by atoms with Crippen LogP contribution in [-0.4, -0.2) is 67.6 Å². The smallest absolute Gasteiger partial charge is 0.244 e. The number of ether oxygens (including phenoxy) is 1. The number of carbonyl (C=O) groups is 1. The summed E-state index contributed by atoms with van der Waals surface area (Å²) in [6, 6.07) is 4.39. The third kappa shape index (κ3) is 4.55. The van der Waals surface area contributed by atoms with Crippen LogP contribution in [0.25, 0.3) is 0 Å². The van der Waals surface area contributed by atoms with Gasteiger partial charge in [-0.25, -0.2) is 8.42 Å². The zero-order valence-electron chi connectivity index (χ0n) is 18.5. The zero-order valence-corrected chi connectivity index (χ0v) is 20.8. The van der Waals surface area contributed by atoms with Crippen molar-refractivity contribution >= 4 is 39.1 Å². The van der Waals surface area contributed by atoms with E-state index in [1.54, 1.807) is 12.1 Å². The van der Waals surface area contributed by atoms with Crippen LogP contribution in [0.5, 0.6) is 0 Å². The van der Waals surface area contributed by atoms with Gasteiger partial charge in [-0.05, 0) is 50.2 Å². The number of benzene rings is 1. The van der Waals surface area contributed by atoms with Crippen molar-refractivity contribution in [2.45, 2.75) is 68.7 Å². The predicted octanol–water partition coefficient (Wildman–Crippen LogP) is 3.50. The fraction of sp³-hybridized carbons (Fsp3) is 0.682. The number of piperidine rings is 1. The van der Waals surface area contributed by atoms with Crippen LogP contribution < -0.4 is 5.32 Å². The Morgan fingerprint density at radius 2 is 1.97 bits per heavy atom. The summed E-state index contributed by atoms with van der Waals surface area (Å²) in [5, 5.41) is 3.85. The Morgan fingerprint density at radius 1 is 1.25 bits per heavy atom. The number of amides is 1. The first-order valence-electron chi connectivity index (χ1n) is 11.3. The van der Waals surface area contributed by atoms with Gasteiger partial charge in [0.25, 0.3) is 0 Å². The molecule has 3 aliphatic rings. The second kappa shape index (κ2) is 9.39. The number of carbonyl (C=O) groups excluding carboxylic acids is 1. The van der Waals surface area contributed by atoms with Gasteiger partial charge in [0.05, 0.1) is 27.9 Å². The Balaban J connectivity index is 1.54. The Hall–Kier alpha value is -0.900. The molecule has 1 spiro atoms. The summed E-state index contributed by atoms with van der Waals surface area (Å²) in [6.07, 6.45) is 3.78. The molecule has 3 saturated heterocycles. The van der Waals surface area contributed by atoms with Crippen LogP contribution >= 0.6 is 23.2 Å². The van der Waals surface area contributed by atoms with Crippen molar-refractivity contribution in [1.29, 1.82) is 0 Å². The lowest BCUT2D eigenvalue weighted by Crippen LogP contribution is -2.60. The normalized spacial score (nSPS) is 26.5. The lowest BCUT2D eigenvalue weighted by molar-refractivity contribution is -0.135. The molecule has 0 aromatic heterocycles. The molecule has 1 N–H and O–H groups in total. The van der Waals surface area contributed by atoms with Gasteiger partial charge < -0.3 is 9.64 Å². The molecule has 1 amide bonds. The molecule has 1 aromatic carbocycles. The SMILES string of the molecule is CC(C)C[C@H]1NC2(CCN(S(=O)(=O)c3cccc(Cl)c3Cl)CC2)N(C[C@@H]2CCCO2)C1=O. The summed E-state index contributed by atoms with van der Waals surface area (Å²) >= 11 is 12.3. The molecule has 7 nitrogen and oxygen atoms in total. The van der Waals surface area contributed by atoms with Crippen molar-refractivity contribution < 1.29 is 17.9 Å². The van der Waals surface area contributed by atoms with Gasteiger partial charge in [0.2, 0.25) is 15.9 Å². The number of halogens is 2. The minimum Gasteiger partial charge on any atom is -0.376 e. The van der Waals surface area contributed by atoms with Crippen LogP contribution in [0.4, 0.5) is 0 Å². The number of nitrogens with zero attached hydrogens (tertiary/aromatic N) is 2. The van der Waals surface area contributed by atoms with Crippen molar-refractivity contribution in [3.63, 3.8) is 0 Å². The van der Waals surface area contributed by atoms with Crippen LogP contribution in [0.2, 0.25) is 10.0 Å². The van der Waals surface area contributed by atoms with Gasteiger partial charge in [-0.15, -0.1) is 0 Å². The maximum Gasteiger partial charge on any atom is 0.244 e. The van der Waals surface area contributed by atoms with Crippen LogP contribution in [0, 0.1) is 5.92 Å². The molecule has 32 heavy (non-hydrogen) atoms. The molecule has 3 heterocycles. The predicted molar refractivity (Wildman–Crippen MR) is 124 cm³/mol. The Kier molecular flexibility index (Phi) is 7.11. The maximum absolute atomic E-state index is 13.3. The Bertz CT molecular complexity index is 958. The number of sulfonamides is 1. The van der Waals surface area contributed by atoms with Crippen molar-refractivity contribution in [2.75, 3.05) is 26.2 Å². The summed E-state index contributed by atoms with van der Waals surface area (Å²) in [6.45, 7) is 6.08. The van der Waals surface area contributed by atoms with Gasteiger partial charge in [-0.1, -0.05) is 43.1 Å². The zero-order chi connectivity index (χ0) is 23.1. The first-order valence-corrected chi connectivity index (χ1v) is 13.5. The highest BCUT2D eigenvalue weighted by Gasteiger charge is 2.53. The van der Waals surface area contributed by atoms with Gasteiger partial charge in [0.15, 0.2) is 0 Å². The molecule has 1 aromatic rings. The van der Waals surface area contributed by atoms with Crippen LogP contribution in [0.1, 0.15) is 46.0 Å². The first kappa shape index (κ1) is 24.2. The first-order chi connectivity index (χ1) is 15.1. The van der Waals surface area contributed by atoms with Crippen molar-refractivity contribution in [1.82, 2.24) is 14.5 Å². The number of nitrogens with one attached hydrogen (secondary N) is 1. The highest BCUT2D eigenvalue weighted by atomic mass is 35.5. The molecule has 0 saturated carbocycles. The summed E-state index contributed by atoms with van der Waals surface area (Å²) in [4.78, 5) is 15.3. The second-order valence-corrected chi connectivity index (χ2v) is 12.1.